The number of hydrogen-bond acceptors (Lipinski definition) is 5. The van der Waals surface area contributed by atoms with Gasteiger partial charge in [0.2, 0.25) is 11.7 Å². The summed E-state index contributed by atoms with van der Waals surface area (Å²) >= 11 is 6.18. The summed E-state index contributed by atoms with van der Waals surface area (Å²) in [6.07, 6.45) is 1.26. The van der Waals surface area contributed by atoms with Gasteiger partial charge in [0.25, 0.3) is 0 Å². The van der Waals surface area contributed by atoms with Crippen molar-refractivity contribution in [2.45, 2.75) is 45.1 Å². The van der Waals surface area contributed by atoms with Crippen LogP contribution in [-0.2, 0) is 4.74 Å². The van der Waals surface area contributed by atoms with Crippen molar-refractivity contribution in [2.24, 2.45) is 0 Å². The van der Waals surface area contributed by atoms with E-state index in [9.17, 15) is 4.79 Å². The highest BCUT2D eigenvalue weighted by atomic mass is 35.5. The van der Waals surface area contributed by atoms with Crippen molar-refractivity contribution in [1.29, 1.82) is 0 Å². The minimum absolute atomic E-state index is 0.141. The maximum atomic E-state index is 12.1. The minimum atomic E-state index is -0.482. The van der Waals surface area contributed by atoms with Crippen molar-refractivity contribution in [2.75, 3.05) is 13.1 Å². The van der Waals surface area contributed by atoms with E-state index < -0.39 is 5.60 Å². The number of carbonyl (C=O) groups excluding carboxylic acids is 1. The van der Waals surface area contributed by atoms with Crippen molar-refractivity contribution in [3.8, 4) is 11.4 Å². The predicted molar refractivity (Wildman–Crippen MR) is 94.5 cm³/mol. The fourth-order valence-electron chi connectivity index (χ4n) is 2.79. The Bertz CT molecular complexity index is 746. The summed E-state index contributed by atoms with van der Waals surface area (Å²) in [5, 5.41) is 4.64. The van der Waals surface area contributed by atoms with E-state index in [-0.39, 0.29) is 12.0 Å². The largest absolute Gasteiger partial charge is 0.444 e. The molecule has 0 unspecified atom stereocenters. The van der Waals surface area contributed by atoms with Crippen LogP contribution >= 0.6 is 11.6 Å². The van der Waals surface area contributed by atoms with E-state index in [4.69, 9.17) is 20.9 Å². The zero-order chi connectivity index (χ0) is 18.0. The molecule has 0 atom stereocenters. The van der Waals surface area contributed by atoms with Gasteiger partial charge >= 0.3 is 6.09 Å². The SMILES string of the molecule is CC(C)(C)OC(=O)N1CCC(c2nc(-c3ccccc3Cl)no2)CC1. The average molecular weight is 364 g/mol. The van der Waals surface area contributed by atoms with E-state index in [1.165, 1.54) is 0 Å². The van der Waals surface area contributed by atoms with Crippen LogP contribution in [0, 0.1) is 0 Å². The molecule has 1 fully saturated rings. The summed E-state index contributed by atoms with van der Waals surface area (Å²) in [4.78, 5) is 18.3. The van der Waals surface area contributed by atoms with Gasteiger partial charge in [-0.2, -0.15) is 4.98 Å². The monoisotopic (exact) mass is 363 g/mol. The quantitative estimate of drug-likeness (QED) is 0.785. The Morgan fingerprint density at radius 2 is 1.96 bits per heavy atom. The summed E-state index contributed by atoms with van der Waals surface area (Å²) in [5.74, 6) is 1.23. The van der Waals surface area contributed by atoms with Crippen LogP contribution in [0.15, 0.2) is 28.8 Å². The zero-order valence-corrected chi connectivity index (χ0v) is 15.4. The number of benzene rings is 1. The second-order valence-electron chi connectivity index (χ2n) is 7.18. The van der Waals surface area contributed by atoms with Gasteiger partial charge in [0.05, 0.1) is 5.02 Å². The highest BCUT2D eigenvalue weighted by Gasteiger charge is 2.30. The van der Waals surface area contributed by atoms with Crippen LogP contribution in [0.4, 0.5) is 4.79 Å². The van der Waals surface area contributed by atoms with Crippen LogP contribution in [-0.4, -0.2) is 39.8 Å². The lowest BCUT2D eigenvalue weighted by molar-refractivity contribution is 0.0198. The lowest BCUT2D eigenvalue weighted by Gasteiger charge is -2.32. The number of piperidine rings is 1. The molecule has 1 amide bonds. The van der Waals surface area contributed by atoms with Gasteiger partial charge < -0.3 is 14.2 Å². The third kappa shape index (κ3) is 4.31. The maximum absolute atomic E-state index is 12.1. The normalized spacial score (nSPS) is 16.1. The van der Waals surface area contributed by atoms with Crippen LogP contribution < -0.4 is 0 Å². The van der Waals surface area contributed by atoms with Gasteiger partial charge in [0, 0.05) is 24.6 Å². The molecule has 134 valence electrons. The van der Waals surface area contributed by atoms with Crippen molar-refractivity contribution >= 4 is 17.7 Å². The third-order valence-corrected chi connectivity index (χ3v) is 4.38. The maximum Gasteiger partial charge on any atom is 0.410 e. The van der Waals surface area contributed by atoms with Crippen molar-refractivity contribution in [3.05, 3.63) is 35.2 Å². The standard InChI is InChI=1S/C18H22ClN3O3/c1-18(2,3)24-17(23)22-10-8-12(9-11-22)16-20-15(21-25-16)13-6-4-5-7-14(13)19/h4-7,12H,8-11H2,1-3H3. The molecule has 1 aliphatic rings. The number of halogens is 1. The lowest BCUT2D eigenvalue weighted by Crippen LogP contribution is -2.41. The highest BCUT2D eigenvalue weighted by molar-refractivity contribution is 6.33. The summed E-state index contributed by atoms with van der Waals surface area (Å²) < 4.78 is 10.8. The summed E-state index contributed by atoms with van der Waals surface area (Å²) in [5.41, 5.74) is 0.273. The van der Waals surface area contributed by atoms with Crippen molar-refractivity contribution < 1.29 is 14.1 Å². The Hall–Kier alpha value is -2.08. The molecule has 0 aliphatic carbocycles. The average Bonchev–Trinajstić information content (AvgIpc) is 3.03. The molecule has 1 aromatic heterocycles. The smallest absolute Gasteiger partial charge is 0.410 e. The molecule has 1 aliphatic heterocycles. The number of nitrogens with zero attached hydrogens (tertiary/aromatic N) is 3. The second-order valence-corrected chi connectivity index (χ2v) is 7.58. The van der Waals surface area contributed by atoms with Crippen LogP contribution in [0.3, 0.4) is 0 Å². The van der Waals surface area contributed by atoms with Crippen LogP contribution in [0.25, 0.3) is 11.4 Å². The van der Waals surface area contributed by atoms with Gasteiger partial charge in [-0.05, 0) is 45.7 Å². The highest BCUT2D eigenvalue weighted by Crippen LogP contribution is 2.31. The number of rotatable bonds is 2. The Morgan fingerprint density at radius 3 is 2.60 bits per heavy atom. The summed E-state index contributed by atoms with van der Waals surface area (Å²) in [6, 6.07) is 7.41. The van der Waals surface area contributed by atoms with Gasteiger partial charge in [-0.15, -0.1) is 0 Å². The fraction of sp³-hybridized carbons (Fsp3) is 0.500. The molecule has 0 bridgehead atoms. The van der Waals surface area contributed by atoms with E-state index in [2.05, 4.69) is 10.1 Å². The van der Waals surface area contributed by atoms with Crippen LogP contribution in [0.2, 0.25) is 5.02 Å². The molecule has 0 spiro atoms. The first kappa shape index (κ1) is 17.7. The summed E-state index contributed by atoms with van der Waals surface area (Å²) in [6.45, 7) is 6.83. The Balaban J connectivity index is 1.63. The number of likely N-dealkylation sites (tertiary alicyclic amines) is 1. The fourth-order valence-corrected chi connectivity index (χ4v) is 3.01. The molecule has 0 radical (unpaired) electrons. The van der Waals surface area contributed by atoms with E-state index in [0.717, 1.165) is 18.4 Å². The molecule has 1 aromatic carbocycles. The molecular weight excluding hydrogens is 342 g/mol. The first-order chi connectivity index (χ1) is 11.8. The Kier molecular flexibility index (Phi) is 4.99. The molecule has 6 nitrogen and oxygen atoms in total. The second kappa shape index (κ2) is 7.04. The van der Waals surface area contributed by atoms with E-state index in [1.807, 2.05) is 39.0 Å². The molecule has 2 heterocycles. The molecule has 1 saturated heterocycles. The van der Waals surface area contributed by atoms with E-state index in [0.29, 0.717) is 29.8 Å². The minimum Gasteiger partial charge on any atom is -0.444 e. The predicted octanol–water partition coefficient (Wildman–Crippen LogP) is 4.50. The van der Waals surface area contributed by atoms with Crippen molar-refractivity contribution in [1.82, 2.24) is 15.0 Å². The van der Waals surface area contributed by atoms with Crippen molar-refractivity contribution in [3.63, 3.8) is 0 Å². The molecule has 3 rings (SSSR count). The first-order valence-electron chi connectivity index (χ1n) is 8.40. The zero-order valence-electron chi connectivity index (χ0n) is 14.7. The molecule has 2 aromatic rings. The van der Waals surface area contributed by atoms with Crippen LogP contribution in [0.1, 0.15) is 45.4 Å². The number of amides is 1. The molecule has 25 heavy (non-hydrogen) atoms. The van der Waals surface area contributed by atoms with Gasteiger partial charge in [-0.1, -0.05) is 28.9 Å². The van der Waals surface area contributed by atoms with E-state index in [1.54, 1.807) is 11.0 Å². The third-order valence-electron chi connectivity index (χ3n) is 4.05. The molecule has 0 N–H and O–H groups in total. The van der Waals surface area contributed by atoms with Gasteiger partial charge in [-0.3, -0.25) is 0 Å². The van der Waals surface area contributed by atoms with Crippen LogP contribution in [0.5, 0.6) is 0 Å². The van der Waals surface area contributed by atoms with Gasteiger partial charge in [0.15, 0.2) is 0 Å². The topological polar surface area (TPSA) is 68.5 Å². The number of ether oxygens (including phenoxy) is 1. The molecule has 7 heteroatoms. The van der Waals surface area contributed by atoms with E-state index >= 15 is 0 Å². The first-order valence-corrected chi connectivity index (χ1v) is 8.78. The number of aromatic nitrogens is 2. The Morgan fingerprint density at radius 1 is 1.28 bits per heavy atom. The molecular formula is C18H22ClN3O3. The van der Waals surface area contributed by atoms with Gasteiger partial charge in [-0.25, -0.2) is 4.79 Å². The number of carbonyl (C=O) groups is 1. The lowest BCUT2D eigenvalue weighted by atomic mass is 9.97. The van der Waals surface area contributed by atoms with Gasteiger partial charge in [0.1, 0.15) is 5.60 Å². The Labute approximate surface area is 152 Å². The number of hydrogen-bond donors (Lipinski definition) is 0. The molecule has 0 saturated carbocycles. The summed E-state index contributed by atoms with van der Waals surface area (Å²) in [7, 11) is 0.